The van der Waals surface area contributed by atoms with Crippen molar-refractivity contribution in [3.8, 4) is 0 Å². The number of nitrogens with two attached hydrogens (primary N) is 1. The van der Waals surface area contributed by atoms with Crippen LogP contribution in [0.3, 0.4) is 0 Å². The monoisotopic (exact) mass is 308 g/mol. The van der Waals surface area contributed by atoms with Gasteiger partial charge in [0, 0.05) is 7.05 Å². The molecule has 0 radical (unpaired) electrons. The molecule has 1 aromatic heterocycles. The summed E-state index contributed by atoms with van der Waals surface area (Å²) < 4.78 is 6.62. The molecule has 0 fully saturated rings. The van der Waals surface area contributed by atoms with Gasteiger partial charge < -0.3 is 15.0 Å². The van der Waals surface area contributed by atoms with Crippen molar-refractivity contribution in [2.75, 3.05) is 7.11 Å². The Morgan fingerprint density at radius 2 is 2.21 bits per heavy atom. The van der Waals surface area contributed by atoms with Gasteiger partial charge in [0.2, 0.25) is 0 Å². The van der Waals surface area contributed by atoms with E-state index in [9.17, 15) is 4.79 Å². The smallest absolute Gasteiger partial charge is 0.319 e. The highest BCUT2D eigenvalue weighted by atomic mass is 35.5. The lowest BCUT2D eigenvalue weighted by molar-refractivity contribution is -0.140. The maximum Gasteiger partial charge on any atom is 0.319 e. The van der Waals surface area contributed by atoms with E-state index in [1.54, 1.807) is 0 Å². The molecule has 0 spiro atoms. The first kappa shape index (κ1) is 18.2. The standard InChI is InChI=1S/C11H20N4O2S.ClH/c1-4-5-6-8(10(16)17-3)18-11-14-13-9(7-12)15(11)2;/h8H,4-7,12H2,1-3H3;1H. The number of methoxy groups -OCH3 is 1. The maximum absolute atomic E-state index is 11.7. The Morgan fingerprint density at radius 1 is 1.53 bits per heavy atom. The van der Waals surface area contributed by atoms with Gasteiger partial charge in [-0.15, -0.1) is 22.6 Å². The molecule has 110 valence electrons. The third-order valence-corrected chi connectivity index (χ3v) is 3.92. The van der Waals surface area contributed by atoms with Crippen LogP contribution in [0.25, 0.3) is 0 Å². The molecular formula is C11H21ClN4O2S. The van der Waals surface area contributed by atoms with E-state index < -0.39 is 0 Å². The predicted molar refractivity (Wildman–Crippen MR) is 77.3 cm³/mol. The predicted octanol–water partition coefficient (Wildman–Crippen LogP) is 1.52. The molecular weight excluding hydrogens is 288 g/mol. The van der Waals surface area contributed by atoms with Crippen LogP contribution in [0.1, 0.15) is 32.0 Å². The second kappa shape index (κ2) is 9.17. The highest BCUT2D eigenvalue weighted by Gasteiger charge is 2.23. The third-order valence-electron chi connectivity index (χ3n) is 2.64. The van der Waals surface area contributed by atoms with Gasteiger partial charge in [-0.3, -0.25) is 4.79 Å². The van der Waals surface area contributed by atoms with Gasteiger partial charge in [-0.1, -0.05) is 31.5 Å². The zero-order valence-electron chi connectivity index (χ0n) is 11.5. The second-order valence-electron chi connectivity index (χ2n) is 3.93. The van der Waals surface area contributed by atoms with E-state index in [0.29, 0.717) is 17.5 Å². The molecule has 1 rings (SSSR count). The quantitative estimate of drug-likeness (QED) is 0.607. The van der Waals surface area contributed by atoms with E-state index in [0.717, 1.165) is 19.3 Å². The summed E-state index contributed by atoms with van der Waals surface area (Å²) in [5.74, 6) is 0.488. The molecule has 6 nitrogen and oxygen atoms in total. The largest absolute Gasteiger partial charge is 0.468 e. The van der Waals surface area contributed by atoms with Gasteiger partial charge in [-0.2, -0.15) is 0 Å². The fourth-order valence-electron chi connectivity index (χ4n) is 1.50. The molecule has 1 heterocycles. The minimum absolute atomic E-state index is 0. The van der Waals surface area contributed by atoms with Crippen LogP contribution in [0.2, 0.25) is 0 Å². The topological polar surface area (TPSA) is 83.0 Å². The highest BCUT2D eigenvalue weighted by molar-refractivity contribution is 8.00. The van der Waals surface area contributed by atoms with E-state index in [4.69, 9.17) is 10.5 Å². The number of carbonyl (C=O) groups is 1. The van der Waals surface area contributed by atoms with E-state index in [1.165, 1.54) is 18.9 Å². The van der Waals surface area contributed by atoms with Crippen LogP contribution >= 0.6 is 24.2 Å². The number of unbranched alkanes of at least 4 members (excludes halogenated alkanes) is 1. The van der Waals surface area contributed by atoms with E-state index in [1.807, 2.05) is 11.6 Å². The van der Waals surface area contributed by atoms with Crippen LogP contribution < -0.4 is 5.73 Å². The minimum atomic E-state index is -0.233. The molecule has 1 atom stereocenters. The van der Waals surface area contributed by atoms with Crippen LogP contribution in [-0.2, 0) is 23.1 Å². The molecule has 1 aromatic rings. The number of nitrogens with zero attached hydrogens (tertiary/aromatic N) is 3. The van der Waals surface area contributed by atoms with Crippen LogP contribution in [0.4, 0.5) is 0 Å². The molecule has 1 unspecified atom stereocenters. The zero-order chi connectivity index (χ0) is 13.5. The summed E-state index contributed by atoms with van der Waals surface area (Å²) in [4.78, 5) is 11.7. The van der Waals surface area contributed by atoms with Gasteiger partial charge in [0.1, 0.15) is 11.1 Å². The van der Waals surface area contributed by atoms with Gasteiger partial charge in [0.05, 0.1) is 13.7 Å². The van der Waals surface area contributed by atoms with Crippen molar-refractivity contribution in [2.45, 2.75) is 43.1 Å². The lowest BCUT2D eigenvalue weighted by atomic mass is 10.2. The summed E-state index contributed by atoms with van der Waals surface area (Å²) in [6.07, 6.45) is 2.80. The molecule has 19 heavy (non-hydrogen) atoms. The SMILES string of the molecule is CCCCC(Sc1nnc(CN)n1C)C(=O)OC.Cl. The lowest BCUT2D eigenvalue weighted by Crippen LogP contribution is -2.19. The third kappa shape index (κ3) is 5.00. The average Bonchev–Trinajstić information content (AvgIpc) is 2.74. The van der Waals surface area contributed by atoms with Crippen molar-refractivity contribution in [1.29, 1.82) is 0 Å². The van der Waals surface area contributed by atoms with Crippen molar-refractivity contribution in [1.82, 2.24) is 14.8 Å². The number of halogens is 1. The summed E-state index contributed by atoms with van der Waals surface area (Å²) in [6, 6.07) is 0. The first-order valence-electron chi connectivity index (χ1n) is 5.96. The van der Waals surface area contributed by atoms with Crippen molar-refractivity contribution in [3.63, 3.8) is 0 Å². The first-order valence-corrected chi connectivity index (χ1v) is 6.84. The zero-order valence-corrected chi connectivity index (χ0v) is 13.1. The number of ether oxygens (including phenoxy) is 1. The van der Waals surface area contributed by atoms with Crippen LogP contribution in [0.15, 0.2) is 5.16 Å². The number of hydrogen-bond donors (Lipinski definition) is 1. The number of rotatable bonds is 7. The molecule has 2 N–H and O–H groups in total. The first-order chi connectivity index (χ1) is 8.63. The van der Waals surface area contributed by atoms with Gasteiger partial charge in [-0.05, 0) is 6.42 Å². The fraction of sp³-hybridized carbons (Fsp3) is 0.727. The van der Waals surface area contributed by atoms with E-state index >= 15 is 0 Å². The highest BCUT2D eigenvalue weighted by Crippen LogP contribution is 2.26. The summed E-state index contributed by atoms with van der Waals surface area (Å²) in [5, 5.41) is 8.47. The summed E-state index contributed by atoms with van der Waals surface area (Å²) in [5.41, 5.74) is 5.54. The fourth-order valence-corrected chi connectivity index (χ4v) is 2.58. The molecule has 0 aliphatic heterocycles. The Morgan fingerprint density at radius 3 is 2.68 bits per heavy atom. The molecule has 0 saturated heterocycles. The van der Waals surface area contributed by atoms with Crippen LogP contribution in [0.5, 0.6) is 0 Å². The number of carbonyl (C=O) groups excluding carboxylic acids is 1. The van der Waals surface area contributed by atoms with Crippen molar-refractivity contribution in [3.05, 3.63) is 5.82 Å². The van der Waals surface area contributed by atoms with Crippen molar-refractivity contribution < 1.29 is 9.53 Å². The normalized spacial score (nSPS) is 11.8. The van der Waals surface area contributed by atoms with Gasteiger partial charge >= 0.3 is 5.97 Å². The summed E-state index contributed by atoms with van der Waals surface area (Å²) in [6.45, 7) is 2.43. The Bertz CT molecular complexity index is 400. The summed E-state index contributed by atoms with van der Waals surface area (Å²) >= 11 is 1.38. The average molecular weight is 309 g/mol. The molecule has 0 aliphatic rings. The molecule has 0 saturated carbocycles. The van der Waals surface area contributed by atoms with E-state index in [2.05, 4.69) is 17.1 Å². The molecule has 0 aromatic carbocycles. The van der Waals surface area contributed by atoms with Crippen LogP contribution in [0, 0.1) is 0 Å². The minimum Gasteiger partial charge on any atom is -0.468 e. The Balaban J connectivity index is 0.00000324. The molecule has 0 amide bonds. The van der Waals surface area contributed by atoms with Gasteiger partial charge in [0.15, 0.2) is 5.16 Å². The number of thioether (sulfide) groups is 1. The van der Waals surface area contributed by atoms with Crippen molar-refractivity contribution >= 4 is 30.1 Å². The maximum atomic E-state index is 11.7. The number of hydrogen-bond acceptors (Lipinski definition) is 6. The van der Waals surface area contributed by atoms with E-state index in [-0.39, 0.29) is 23.6 Å². The molecule has 8 heteroatoms. The number of esters is 1. The Kier molecular flexibility index (Phi) is 8.79. The summed E-state index contributed by atoms with van der Waals surface area (Å²) in [7, 11) is 3.25. The molecule has 0 bridgehead atoms. The Labute approximate surface area is 123 Å². The van der Waals surface area contributed by atoms with Gasteiger partial charge in [-0.25, -0.2) is 0 Å². The Hall–Kier alpha value is -0.790. The second-order valence-corrected chi connectivity index (χ2v) is 5.10. The number of aromatic nitrogens is 3. The van der Waals surface area contributed by atoms with Gasteiger partial charge in [0.25, 0.3) is 0 Å². The van der Waals surface area contributed by atoms with Crippen LogP contribution in [-0.4, -0.2) is 33.1 Å². The van der Waals surface area contributed by atoms with Crippen molar-refractivity contribution in [2.24, 2.45) is 12.8 Å². The molecule has 0 aliphatic carbocycles. The lowest BCUT2D eigenvalue weighted by Gasteiger charge is -2.13.